The van der Waals surface area contributed by atoms with Crippen molar-refractivity contribution in [2.75, 3.05) is 18.0 Å². The molecule has 1 N–H and O–H groups in total. The highest BCUT2D eigenvalue weighted by atomic mass is 32.2. The molecule has 0 bridgehead atoms. The number of rotatable bonds is 13. The van der Waals surface area contributed by atoms with E-state index in [-0.39, 0.29) is 41.2 Å². The van der Waals surface area contributed by atoms with Gasteiger partial charge < -0.3 is 15.0 Å². The van der Waals surface area contributed by atoms with E-state index in [1.54, 1.807) is 49.4 Å². The Kier molecular flexibility index (Phi) is 10.7. The second-order valence-electron chi connectivity index (χ2n) is 9.39. The van der Waals surface area contributed by atoms with Gasteiger partial charge in [-0.3, -0.25) is 13.9 Å². The molecule has 0 saturated heterocycles. The second-order valence-corrected chi connectivity index (χ2v) is 11.2. The summed E-state index contributed by atoms with van der Waals surface area (Å²) in [6, 6.07) is 18.9. The van der Waals surface area contributed by atoms with Crippen molar-refractivity contribution >= 4 is 27.5 Å². The molecule has 10 heteroatoms. The molecule has 0 aromatic heterocycles. The number of hydrogen-bond donors (Lipinski definition) is 1. The van der Waals surface area contributed by atoms with Gasteiger partial charge in [0.05, 0.1) is 17.7 Å². The summed E-state index contributed by atoms with van der Waals surface area (Å²) in [7, 11) is -2.80. The molecule has 0 unspecified atom stereocenters. The number of ether oxygens (including phenoxy) is 1. The Morgan fingerprint density at radius 1 is 0.925 bits per heavy atom. The molecule has 214 valence electrons. The largest absolute Gasteiger partial charge is 0.495 e. The Morgan fingerprint density at radius 2 is 1.55 bits per heavy atom. The summed E-state index contributed by atoms with van der Waals surface area (Å²) in [5, 5.41) is 2.93. The van der Waals surface area contributed by atoms with Gasteiger partial charge in [0.2, 0.25) is 11.8 Å². The molecule has 3 rings (SSSR count). The maximum absolute atomic E-state index is 14.1. The molecule has 0 heterocycles. The van der Waals surface area contributed by atoms with Gasteiger partial charge in [-0.25, -0.2) is 12.8 Å². The molecular formula is C30H36FN3O5S. The zero-order valence-corrected chi connectivity index (χ0v) is 24.0. The van der Waals surface area contributed by atoms with E-state index in [2.05, 4.69) is 5.32 Å². The normalized spacial score (nSPS) is 12.7. The first-order valence-electron chi connectivity index (χ1n) is 13.2. The summed E-state index contributed by atoms with van der Waals surface area (Å²) in [5.74, 6) is -1.11. The smallest absolute Gasteiger partial charge is 0.264 e. The molecule has 0 saturated carbocycles. The molecule has 0 radical (unpaired) electrons. The summed E-state index contributed by atoms with van der Waals surface area (Å²) in [4.78, 5) is 28.7. The number of halogens is 1. The average molecular weight is 570 g/mol. The topological polar surface area (TPSA) is 96.0 Å². The third kappa shape index (κ3) is 7.38. The highest BCUT2D eigenvalue weighted by molar-refractivity contribution is 7.92. The highest BCUT2D eigenvalue weighted by Gasteiger charge is 2.34. The van der Waals surface area contributed by atoms with Crippen molar-refractivity contribution in [2.24, 2.45) is 0 Å². The summed E-state index contributed by atoms with van der Waals surface area (Å²) < 4.78 is 47.8. The zero-order valence-electron chi connectivity index (χ0n) is 23.2. The first-order chi connectivity index (χ1) is 19.1. The third-order valence-electron chi connectivity index (χ3n) is 6.62. The minimum Gasteiger partial charge on any atom is -0.495 e. The Hall–Kier alpha value is -3.92. The monoisotopic (exact) mass is 569 g/mol. The molecule has 0 fully saturated rings. The number of carbonyl (C=O) groups excluding carboxylic acids is 2. The fourth-order valence-electron chi connectivity index (χ4n) is 4.22. The fourth-order valence-corrected chi connectivity index (χ4v) is 5.66. The van der Waals surface area contributed by atoms with E-state index in [1.807, 2.05) is 13.8 Å². The number of methoxy groups -OCH3 is 1. The predicted molar refractivity (Wildman–Crippen MR) is 153 cm³/mol. The van der Waals surface area contributed by atoms with Crippen LogP contribution in [0.5, 0.6) is 5.75 Å². The van der Waals surface area contributed by atoms with E-state index in [1.165, 1.54) is 48.4 Å². The highest BCUT2D eigenvalue weighted by Crippen LogP contribution is 2.32. The summed E-state index contributed by atoms with van der Waals surface area (Å²) in [6.45, 7) is 4.98. The van der Waals surface area contributed by atoms with E-state index in [0.29, 0.717) is 12.0 Å². The standard InChI is InChI=1S/C30H36FN3O5S/c1-5-22(3)32-30(36)26(6-2)33(20-23-16-18-24(31)19-17-23)29(35)21-34(27-14-10-11-15-28(27)39-4)40(37,38)25-12-8-7-9-13-25/h7-19,22,26H,5-6,20-21H2,1-4H3,(H,32,36)/t22-,26-/m0/s1. The molecule has 8 nitrogen and oxygen atoms in total. The third-order valence-corrected chi connectivity index (χ3v) is 8.39. The van der Waals surface area contributed by atoms with Crippen molar-refractivity contribution in [3.05, 3.63) is 90.2 Å². The van der Waals surface area contributed by atoms with Crippen LogP contribution in [0.4, 0.5) is 10.1 Å². The van der Waals surface area contributed by atoms with Crippen LogP contribution >= 0.6 is 0 Å². The number of amides is 2. The van der Waals surface area contributed by atoms with Crippen molar-refractivity contribution in [3.63, 3.8) is 0 Å². The first-order valence-corrected chi connectivity index (χ1v) is 14.6. The molecule has 3 aromatic carbocycles. The Labute approximate surface area is 235 Å². The molecule has 3 aromatic rings. The number of nitrogens with one attached hydrogen (secondary N) is 1. The van der Waals surface area contributed by atoms with Crippen LogP contribution in [0.2, 0.25) is 0 Å². The van der Waals surface area contributed by atoms with Crippen LogP contribution in [0.25, 0.3) is 0 Å². The minimum absolute atomic E-state index is 0.000320. The van der Waals surface area contributed by atoms with Crippen molar-refractivity contribution in [1.29, 1.82) is 0 Å². The zero-order chi connectivity index (χ0) is 29.3. The lowest BCUT2D eigenvalue weighted by Gasteiger charge is -2.34. The maximum atomic E-state index is 14.1. The van der Waals surface area contributed by atoms with Gasteiger partial charge in [-0.15, -0.1) is 0 Å². The van der Waals surface area contributed by atoms with Gasteiger partial charge in [-0.05, 0) is 61.7 Å². The number of sulfonamides is 1. The van der Waals surface area contributed by atoms with Gasteiger partial charge in [0, 0.05) is 12.6 Å². The molecule has 0 spiro atoms. The van der Waals surface area contributed by atoms with E-state index in [9.17, 15) is 22.4 Å². The summed E-state index contributed by atoms with van der Waals surface area (Å²) >= 11 is 0. The number of nitrogens with zero attached hydrogens (tertiary/aromatic N) is 2. The van der Waals surface area contributed by atoms with E-state index < -0.39 is 34.3 Å². The molecule has 0 aliphatic carbocycles. The number of benzene rings is 3. The number of para-hydroxylation sites is 2. The lowest BCUT2D eigenvalue weighted by atomic mass is 10.1. The van der Waals surface area contributed by atoms with Gasteiger partial charge in [-0.1, -0.05) is 56.3 Å². The molecule has 2 atom stereocenters. The minimum atomic E-state index is -4.21. The van der Waals surface area contributed by atoms with Crippen molar-refractivity contribution in [1.82, 2.24) is 10.2 Å². The van der Waals surface area contributed by atoms with Crippen molar-refractivity contribution < 1.29 is 27.1 Å². The van der Waals surface area contributed by atoms with Gasteiger partial charge >= 0.3 is 0 Å². The molecule has 40 heavy (non-hydrogen) atoms. The van der Waals surface area contributed by atoms with E-state index >= 15 is 0 Å². The lowest BCUT2D eigenvalue weighted by molar-refractivity contribution is -0.140. The molecule has 0 aliphatic heterocycles. The summed E-state index contributed by atoms with van der Waals surface area (Å²) in [6.07, 6.45) is 0.986. The second kappa shape index (κ2) is 13.9. The quantitative estimate of drug-likeness (QED) is 0.321. The van der Waals surface area contributed by atoms with Gasteiger partial charge in [-0.2, -0.15) is 0 Å². The Balaban J connectivity index is 2.08. The van der Waals surface area contributed by atoms with Crippen LogP contribution < -0.4 is 14.4 Å². The van der Waals surface area contributed by atoms with Crippen molar-refractivity contribution in [3.8, 4) is 5.75 Å². The maximum Gasteiger partial charge on any atom is 0.264 e. The molecule has 0 aliphatic rings. The van der Waals surface area contributed by atoms with E-state index in [0.717, 1.165) is 4.31 Å². The van der Waals surface area contributed by atoms with Crippen LogP contribution in [-0.4, -0.2) is 50.9 Å². The van der Waals surface area contributed by atoms with Gasteiger partial charge in [0.15, 0.2) is 0 Å². The number of hydrogen-bond acceptors (Lipinski definition) is 5. The number of anilines is 1. The summed E-state index contributed by atoms with van der Waals surface area (Å²) in [5.41, 5.74) is 0.778. The SMILES string of the molecule is CC[C@H](C)NC(=O)[C@H](CC)N(Cc1ccc(F)cc1)C(=O)CN(c1ccccc1OC)S(=O)(=O)c1ccccc1. The number of carbonyl (C=O) groups is 2. The average Bonchev–Trinajstić information content (AvgIpc) is 2.96. The molecule has 2 amide bonds. The van der Waals surface area contributed by atoms with Crippen LogP contribution in [0.3, 0.4) is 0 Å². The van der Waals surface area contributed by atoms with Gasteiger partial charge in [0.1, 0.15) is 24.2 Å². The molecular weight excluding hydrogens is 533 g/mol. The Morgan fingerprint density at radius 3 is 2.15 bits per heavy atom. The van der Waals surface area contributed by atoms with E-state index in [4.69, 9.17) is 4.74 Å². The predicted octanol–water partition coefficient (Wildman–Crippen LogP) is 4.75. The lowest BCUT2D eigenvalue weighted by Crippen LogP contribution is -2.53. The van der Waals surface area contributed by atoms with Crippen LogP contribution in [-0.2, 0) is 26.2 Å². The van der Waals surface area contributed by atoms with Crippen LogP contribution in [0.15, 0.2) is 83.8 Å². The van der Waals surface area contributed by atoms with Crippen LogP contribution in [0, 0.1) is 5.82 Å². The fraction of sp³-hybridized carbons (Fsp3) is 0.333. The first kappa shape index (κ1) is 30.6. The Bertz CT molecular complexity index is 1380. The van der Waals surface area contributed by atoms with Crippen LogP contribution in [0.1, 0.15) is 39.2 Å². The van der Waals surface area contributed by atoms with Gasteiger partial charge in [0.25, 0.3) is 10.0 Å². The van der Waals surface area contributed by atoms with Crippen molar-refractivity contribution in [2.45, 2.75) is 57.1 Å².